The number of carbonyl (C=O) groups is 1. The standard InChI is InChI=1S/C15H20O3/c1-18-11-12-6-5-7-13(10-12)14(16)15(17)8-3-2-4-9-15/h5-7,10,17H,2-4,8-9,11H2,1H3. The maximum Gasteiger partial charge on any atom is 0.194 e. The van der Waals surface area contributed by atoms with Gasteiger partial charge in [-0.1, -0.05) is 37.5 Å². The number of aliphatic hydroxyl groups is 1. The molecule has 1 aromatic rings. The van der Waals surface area contributed by atoms with Crippen LogP contribution in [0.4, 0.5) is 0 Å². The van der Waals surface area contributed by atoms with Crippen LogP contribution in [-0.2, 0) is 11.3 Å². The van der Waals surface area contributed by atoms with Gasteiger partial charge < -0.3 is 9.84 Å². The summed E-state index contributed by atoms with van der Waals surface area (Å²) in [6, 6.07) is 7.35. The first-order valence-electron chi connectivity index (χ1n) is 6.51. The van der Waals surface area contributed by atoms with Crippen LogP contribution in [0.2, 0.25) is 0 Å². The third kappa shape index (κ3) is 2.79. The molecule has 0 unspecified atom stereocenters. The van der Waals surface area contributed by atoms with Gasteiger partial charge in [0.1, 0.15) is 5.60 Å². The summed E-state index contributed by atoms with van der Waals surface area (Å²) >= 11 is 0. The van der Waals surface area contributed by atoms with Crippen LogP contribution in [0.5, 0.6) is 0 Å². The predicted octanol–water partition coefficient (Wildman–Crippen LogP) is 2.71. The van der Waals surface area contributed by atoms with Crippen molar-refractivity contribution < 1.29 is 14.6 Å². The van der Waals surface area contributed by atoms with Crippen LogP contribution in [0.15, 0.2) is 24.3 Å². The summed E-state index contributed by atoms with van der Waals surface area (Å²) in [4.78, 5) is 12.4. The first-order chi connectivity index (χ1) is 8.65. The molecule has 98 valence electrons. The quantitative estimate of drug-likeness (QED) is 0.833. The van der Waals surface area contributed by atoms with E-state index in [-0.39, 0.29) is 5.78 Å². The first kappa shape index (κ1) is 13.2. The number of ether oxygens (including phenoxy) is 1. The van der Waals surface area contributed by atoms with Gasteiger partial charge in [-0.2, -0.15) is 0 Å². The molecule has 1 N–H and O–H groups in total. The summed E-state index contributed by atoms with van der Waals surface area (Å²) < 4.78 is 5.06. The van der Waals surface area contributed by atoms with Gasteiger partial charge in [-0.25, -0.2) is 0 Å². The fourth-order valence-electron chi connectivity index (χ4n) is 2.60. The summed E-state index contributed by atoms with van der Waals surface area (Å²) in [5.74, 6) is -0.139. The first-order valence-corrected chi connectivity index (χ1v) is 6.51. The van der Waals surface area contributed by atoms with Crippen molar-refractivity contribution in [2.75, 3.05) is 7.11 Å². The van der Waals surface area contributed by atoms with E-state index in [1.165, 1.54) is 0 Å². The Hall–Kier alpha value is -1.19. The Balaban J connectivity index is 2.19. The van der Waals surface area contributed by atoms with Gasteiger partial charge in [0, 0.05) is 12.7 Å². The SMILES string of the molecule is COCc1cccc(C(=O)C2(O)CCCCC2)c1. The topological polar surface area (TPSA) is 46.5 Å². The van der Waals surface area contributed by atoms with E-state index in [0.717, 1.165) is 24.8 Å². The van der Waals surface area contributed by atoms with Crippen LogP contribution in [0.25, 0.3) is 0 Å². The van der Waals surface area contributed by atoms with Gasteiger partial charge in [-0.15, -0.1) is 0 Å². The molecular formula is C15H20O3. The van der Waals surface area contributed by atoms with Gasteiger partial charge in [-0.05, 0) is 24.5 Å². The summed E-state index contributed by atoms with van der Waals surface area (Å²) in [5, 5.41) is 10.4. The maximum absolute atomic E-state index is 12.4. The average molecular weight is 248 g/mol. The number of Topliss-reactive ketones (excluding diaryl/α,β-unsaturated/α-hetero) is 1. The monoisotopic (exact) mass is 248 g/mol. The van der Waals surface area contributed by atoms with Crippen LogP contribution in [0, 0.1) is 0 Å². The fourth-order valence-corrected chi connectivity index (χ4v) is 2.60. The van der Waals surface area contributed by atoms with Gasteiger partial charge in [0.25, 0.3) is 0 Å². The Kier molecular flexibility index (Phi) is 4.15. The summed E-state index contributed by atoms with van der Waals surface area (Å²) in [7, 11) is 1.63. The molecule has 0 amide bonds. The number of carbonyl (C=O) groups excluding carboxylic acids is 1. The molecule has 0 aliphatic heterocycles. The van der Waals surface area contributed by atoms with Crippen LogP contribution in [0.1, 0.15) is 48.0 Å². The van der Waals surface area contributed by atoms with Crippen LogP contribution in [0.3, 0.4) is 0 Å². The maximum atomic E-state index is 12.4. The van der Waals surface area contributed by atoms with Crippen molar-refractivity contribution in [3.05, 3.63) is 35.4 Å². The van der Waals surface area contributed by atoms with Gasteiger partial charge in [0.15, 0.2) is 5.78 Å². The molecule has 1 fully saturated rings. The number of ketones is 1. The minimum atomic E-state index is -1.15. The molecule has 0 bridgehead atoms. The number of benzene rings is 1. The Bertz CT molecular complexity index is 420. The van der Waals surface area contributed by atoms with Crippen molar-refractivity contribution in [2.24, 2.45) is 0 Å². The van der Waals surface area contributed by atoms with Crippen LogP contribution < -0.4 is 0 Å². The fraction of sp³-hybridized carbons (Fsp3) is 0.533. The molecule has 0 spiro atoms. The lowest BCUT2D eigenvalue weighted by Crippen LogP contribution is -2.40. The highest BCUT2D eigenvalue weighted by Gasteiger charge is 2.37. The van der Waals surface area contributed by atoms with E-state index in [1.807, 2.05) is 18.2 Å². The third-order valence-corrected chi connectivity index (χ3v) is 3.60. The van der Waals surface area contributed by atoms with Crippen LogP contribution in [-0.4, -0.2) is 23.6 Å². The second kappa shape index (κ2) is 5.63. The third-order valence-electron chi connectivity index (χ3n) is 3.60. The zero-order chi connectivity index (χ0) is 13.0. The predicted molar refractivity (Wildman–Crippen MR) is 69.5 cm³/mol. The molecule has 1 aliphatic carbocycles. The minimum absolute atomic E-state index is 0.139. The van der Waals surface area contributed by atoms with Gasteiger partial charge >= 0.3 is 0 Å². The Morgan fingerprint density at radius 1 is 1.33 bits per heavy atom. The number of methoxy groups -OCH3 is 1. The molecule has 0 radical (unpaired) electrons. The number of hydrogen-bond donors (Lipinski definition) is 1. The zero-order valence-electron chi connectivity index (χ0n) is 10.8. The van der Waals surface area contributed by atoms with Gasteiger partial charge in [-0.3, -0.25) is 4.79 Å². The second-order valence-corrected chi connectivity index (χ2v) is 5.05. The molecule has 1 aliphatic rings. The smallest absolute Gasteiger partial charge is 0.194 e. The highest BCUT2D eigenvalue weighted by atomic mass is 16.5. The molecule has 3 nitrogen and oxygen atoms in total. The highest BCUT2D eigenvalue weighted by Crippen LogP contribution is 2.31. The minimum Gasteiger partial charge on any atom is -0.382 e. The second-order valence-electron chi connectivity index (χ2n) is 5.05. The van der Waals surface area contributed by atoms with E-state index in [1.54, 1.807) is 13.2 Å². The number of rotatable bonds is 4. The van der Waals surface area contributed by atoms with Crippen molar-refractivity contribution in [3.63, 3.8) is 0 Å². The summed E-state index contributed by atoms with van der Waals surface area (Å²) in [6.45, 7) is 0.486. The molecule has 2 rings (SSSR count). The van der Waals surface area contributed by atoms with Gasteiger partial charge in [0.05, 0.1) is 6.61 Å². The van der Waals surface area contributed by atoms with Gasteiger partial charge in [0.2, 0.25) is 0 Å². The molecule has 0 aromatic heterocycles. The Labute approximate surface area is 108 Å². The molecule has 1 saturated carbocycles. The van der Waals surface area contributed by atoms with E-state index >= 15 is 0 Å². The number of hydrogen-bond acceptors (Lipinski definition) is 3. The lowest BCUT2D eigenvalue weighted by atomic mass is 9.79. The largest absolute Gasteiger partial charge is 0.382 e. The Morgan fingerprint density at radius 2 is 2.06 bits per heavy atom. The molecule has 0 heterocycles. The van der Waals surface area contributed by atoms with Crippen LogP contribution >= 0.6 is 0 Å². The molecular weight excluding hydrogens is 228 g/mol. The zero-order valence-corrected chi connectivity index (χ0v) is 10.8. The van der Waals surface area contributed by atoms with Crippen molar-refractivity contribution in [1.29, 1.82) is 0 Å². The lowest BCUT2D eigenvalue weighted by molar-refractivity contribution is 0.0116. The van der Waals surface area contributed by atoms with E-state index in [0.29, 0.717) is 25.0 Å². The molecule has 0 saturated heterocycles. The highest BCUT2D eigenvalue weighted by molar-refractivity contribution is 6.02. The van der Waals surface area contributed by atoms with Crippen molar-refractivity contribution in [2.45, 2.75) is 44.3 Å². The average Bonchev–Trinajstić information content (AvgIpc) is 2.39. The lowest BCUT2D eigenvalue weighted by Gasteiger charge is -2.30. The van der Waals surface area contributed by atoms with Crippen molar-refractivity contribution in [3.8, 4) is 0 Å². The molecule has 0 atom stereocenters. The van der Waals surface area contributed by atoms with E-state index in [4.69, 9.17) is 4.74 Å². The van der Waals surface area contributed by atoms with E-state index < -0.39 is 5.60 Å². The molecule has 3 heteroatoms. The van der Waals surface area contributed by atoms with Crippen molar-refractivity contribution in [1.82, 2.24) is 0 Å². The summed E-state index contributed by atoms with van der Waals surface area (Å²) in [6.07, 6.45) is 4.14. The molecule has 18 heavy (non-hydrogen) atoms. The van der Waals surface area contributed by atoms with Crippen molar-refractivity contribution >= 4 is 5.78 Å². The normalized spacial score (nSPS) is 18.6. The Morgan fingerprint density at radius 3 is 2.72 bits per heavy atom. The van der Waals surface area contributed by atoms with E-state index in [9.17, 15) is 9.90 Å². The molecule has 1 aromatic carbocycles. The van der Waals surface area contributed by atoms with E-state index in [2.05, 4.69) is 0 Å². The summed E-state index contributed by atoms with van der Waals surface area (Å²) in [5.41, 5.74) is 0.404.